The first-order valence-electron chi connectivity index (χ1n) is 14.3. The predicted molar refractivity (Wildman–Crippen MR) is 301 cm³/mol. The summed E-state index contributed by atoms with van der Waals surface area (Å²) in [5.74, 6) is 9.43. The quantitative estimate of drug-likeness (QED) is 0.0842. The van der Waals surface area contributed by atoms with Gasteiger partial charge in [0.1, 0.15) is 0 Å². The van der Waals surface area contributed by atoms with E-state index in [1.165, 1.54) is 12.8 Å². The summed E-state index contributed by atoms with van der Waals surface area (Å²) in [6, 6.07) is 0. The molecule has 51 heavy (non-hydrogen) atoms. The van der Waals surface area contributed by atoms with Crippen molar-refractivity contribution in [2.45, 2.75) is 27.2 Å². The van der Waals surface area contributed by atoms with Gasteiger partial charge in [0.05, 0.1) is 33.1 Å². The topological polar surface area (TPSA) is 0 Å². The molecule has 6 unspecified atom stereocenters. The Bertz CT molecular complexity index is 516. The Balaban J connectivity index is -0.0000000985. The molecule has 0 spiro atoms. The Morgan fingerprint density at radius 3 is 0.765 bits per heavy atom. The van der Waals surface area contributed by atoms with Crippen LogP contribution >= 0.6 is 264 Å². The zero-order chi connectivity index (χ0) is 42.3. The number of rotatable bonds is 20. The van der Waals surface area contributed by atoms with Crippen LogP contribution in [0.4, 0.5) is 0 Å². The largest absolute Gasteiger partial charge is 0.130 e. The summed E-state index contributed by atoms with van der Waals surface area (Å²) < 4.78 is 0. The van der Waals surface area contributed by atoms with Crippen molar-refractivity contribution in [1.82, 2.24) is 0 Å². The molecule has 0 aliphatic rings. The van der Waals surface area contributed by atoms with Crippen molar-refractivity contribution in [3.63, 3.8) is 0 Å². The lowest BCUT2D eigenvalue weighted by Crippen LogP contribution is -1.88. The normalized spacial score (nSPS) is 14.2. The molecule has 320 valence electrons. The smallest absolute Gasteiger partial charge is 0.0909 e. The van der Waals surface area contributed by atoms with Gasteiger partial charge in [0.25, 0.3) is 0 Å². The van der Waals surface area contributed by atoms with E-state index in [4.69, 9.17) is 146 Å². The standard InChI is InChI=1S/C9H24P4.C4H9Cl5P4.C3H6Cl6P4.C3H7Cl2P.C2H6.2CH3Cl/c1-10(2)7-12(5)9-13(6)8-11(3)4;1-10(3-12(6)7)2-11(5)4-13(8)9;4-10(2-12(6)7)1-11(5)3-13(8)9;1-2-3-6(4)5;3*1-2/h7-9H2,1-6H3;2-4H2,1H3;1-3H2;2-3H2,1H3;1-2H3;2*1H3. The molecule has 0 aliphatic heterocycles. The highest BCUT2D eigenvalue weighted by atomic mass is 35.9. The van der Waals surface area contributed by atoms with Gasteiger partial charge in [0.2, 0.25) is 0 Å². The van der Waals surface area contributed by atoms with E-state index in [9.17, 15) is 0 Å². The number of halogens is 15. The van der Waals surface area contributed by atoms with Crippen LogP contribution in [0.2, 0.25) is 0 Å². The van der Waals surface area contributed by atoms with Crippen molar-refractivity contribution in [3.8, 4) is 0 Å². The fraction of sp³-hybridized carbons (Fsp3) is 1.00. The summed E-state index contributed by atoms with van der Waals surface area (Å²) in [6.07, 6.45) is 5.01. The molecular formula is C23H58Cl15P13. The van der Waals surface area contributed by atoms with E-state index in [2.05, 4.69) is 76.8 Å². The third-order valence-electron chi connectivity index (χ3n) is 3.76. The molecule has 0 aromatic heterocycles. The Kier molecular flexibility index (Phi) is 85.5. The van der Waals surface area contributed by atoms with E-state index in [1.807, 2.05) is 13.8 Å². The molecule has 0 aromatic carbocycles. The minimum absolute atomic E-state index is 0.135. The van der Waals surface area contributed by atoms with Crippen LogP contribution in [0, 0.1) is 0 Å². The molecule has 0 radical (unpaired) electrons. The second-order valence-electron chi connectivity index (χ2n) is 9.63. The van der Waals surface area contributed by atoms with E-state index < -0.39 is 55.0 Å². The van der Waals surface area contributed by atoms with E-state index in [0.717, 1.165) is 36.2 Å². The zero-order valence-corrected chi connectivity index (χ0v) is 54.2. The first-order valence-corrected chi connectivity index (χ1v) is 51.7. The van der Waals surface area contributed by atoms with Crippen molar-refractivity contribution in [3.05, 3.63) is 0 Å². The third kappa shape index (κ3) is 84.0. The van der Waals surface area contributed by atoms with Crippen molar-refractivity contribution in [2.75, 3.05) is 119 Å². The third-order valence-corrected chi connectivity index (χ3v) is 45.9. The van der Waals surface area contributed by atoms with Crippen molar-refractivity contribution < 1.29 is 0 Å². The first kappa shape index (κ1) is 75.3. The van der Waals surface area contributed by atoms with Crippen LogP contribution < -0.4 is 0 Å². The van der Waals surface area contributed by atoms with Crippen molar-refractivity contribution >= 4 is 264 Å². The lowest BCUT2D eigenvalue weighted by molar-refractivity contribution is 1.11. The Labute approximate surface area is 404 Å². The van der Waals surface area contributed by atoms with Gasteiger partial charge in [-0.1, -0.05) is 175 Å². The average Bonchev–Trinajstić information content (AvgIpc) is 2.94. The maximum Gasteiger partial charge on any atom is 0.0909 e. The highest BCUT2D eigenvalue weighted by molar-refractivity contribution is 8.15. The molecule has 0 amide bonds. The van der Waals surface area contributed by atoms with Gasteiger partial charge < -0.3 is 0 Å². The maximum absolute atomic E-state index is 6.10. The van der Waals surface area contributed by atoms with Gasteiger partial charge >= 0.3 is 0 Å². The summed E-state index contributed by atoms with van der Waals surface area (Å²) in [5, 5.41) is 0. The summed E-state index contributed by atoms with van der Waals surface area (Å²) >= 11 is 83.6. The van der Waals surface area contributed by atoms with E-state index in [0.29, 0.717) is 43.5 Å². The number of alkyl halides is 2. The fourth-order valence-corrected chi connectivity index (χ4v) is 50.3. The average molecular weight is 1270 g/mol. The highest BCUT2D eigenvalue weighted by Crippen LogP contribution is 2.69. The van der Waals surface area contributed by atoms with Gasteiger partial charge in [-0.3, -0.25) is 0 Å². The molecule has 0 nitrogen and oxygen atoms in total. The lowest BCUT2D eigenvalue weighted by atomic mass is 10.6. The molecule has 0 N–H and O–H groups in total. The summed E-state index contributed by atoms with van der Waals surface area (Å²) in [7, 11) is -0.529. The highest BCUT2D eigenvalue weighted by Gasteiger charge is 2.18. The minimum Gasteiger partial charge on any atom is -0.130 e. The molecule has 0 saturated carbocycles. The van der Waals surface area contributed by atoms with Crippen LogP contribution in [0.3, 0.4) is 0 Å². The minimum atomic E-state index is -0.958. The van der Waals surface area contributed by atoms with E-state index >= 15 is 0 Å². The number of hydrogen-bond acceptors (Lipinski definition) is 0. The van der Waals surface area contributed by atoms with Gasteiger partial charge in [0.15, 0.2) is 0 Å². The Morgan fingerprint density at radius 1 is 0.314 bits per heavy atom. The van der Waals surface area contributed by atoms with E-state index in [-0.39, 0.29) is 7.92 Å². The molecular weight excluding hydrogens is 1210 g/mol. The summed E-state index contributed by atoms with van der Waals surface area (Å²) in [5.41, 5.74) is 0. The predicted octanol–water partition coefficient (Wildman–Crippen LogP) is 25.4. The van der Waals surface area contributed by atoms with Gasteiger partial charge in [-0.05, 0) is 76.9 Å². The molecule has 6 atom stereocenters. The van der Waals surface area contributed by atoms with Crippen LogP contribution in [0.1, 0.15) is 27.2 Å². The van der Waals surface area contributed by atoms with Crippen LogP contribution in [0.15, 0.2) is 0 Å². The van der Waals surface area contributed by atoms with Crippen LogP contribution in [-0.4, -0.2) is 119 Å². The maximum atomic E-state index is 6.10. The second-order valence-corrected chi connectivity index (χ2v) is 54.7. The second kappa shape index (κ2) is 58.0. The van der Waals surface area contributed by atoms with Gasteiger partial charge in [-0.2, -0.15) is 0 Å². The van der Waals surface area contributed by atoms with Gasteiger partial charge in [0, 0.05) is 70.0 Å². The number of hydrogen-bond donors (Lipinski definition) is 0. The molecule has 0 aromatic rings. The molecule has 0 aliphatic carbocycles. The lowest BCUT2D eigenvalue weighted by Gasteiger charge is -2.21. The van der Waals surface area contributed by atoms with Crippen LogP contribution in [0.5, 0.6) is 0 Å². The molecule has 0 fully saturated rings. The first-order chi connectivity index (χ1) is 23.5. The van der Waals surface area contributed by atoms with Crippen molar-refractivity contribution in [1.29, 1.82) is 0 Å². The molecule has 0 heterocycles. The molecule has 0 rings (SSSR count). The van der Waals surface area contributed by atoms with Crippen molar-refractivity contribution in [2.24, 2.45) is 0 Å². The molecule has 0 saturated heterocycles. The Hall–Kier alpha value is 9.94. The van der Waals surface area contributed by atoms with Crippen LogP contribution in [0.25, 0.3) is 0 Å². The molecule has 0 bridgehead atoms. The fourth-order valence-electron chi connectivity index (χ4n) is 2.77. The van der Waals surface area contributed by atoms with Crippen LogP contribution in [-0.2, 0) is 0 Å². The monoisotopic (exact) mass is 1260 g/mol. The summed E-state index contributed by atoms with van der Waals surface area (Å²) in [6.45, 7) is 18.6. The SMILES string of the molecule is CC.CCCP(Cl)Cl.CCl.CCl.CP(C)CP(C)CP(C)CP(C)C.CP(CP(Cl)Cl)CP(Cl)CP(Cl)Cl.ClP(Cl)CP(Cl)CP(Cl)CP(Cl)Cl. The Morgan fingerprint density at radius 2 is 0.569 bits per heavy atom. The zero-order valence-electron chi connectivity index (χ0n) is 31.3. The molecule has 28 heteroatoms. The summed E-state index contributed by atoms with van der Waals surface area (Å²) in [4.78, 5) is 0. The van der Waals surface area contributed by atoms with E-state index in [1.54, 1.807) is 17.7 Å². The van der Waals surface area contributed by atoms with Gasteiger partial charge in [-0.25, -0.2) is 0 Å². The van der Waals surface area contributed by atoms with Gasteiger partial charge in [-0.15, -0.1) is 54.9 Å².